The fourth-order valence-corrected chi connectivity index (χ4v) is 6.81. The Morgan fingerprint density at radius 2 is 1.37 bits per heavy atom. The van der Waals surface area contributed by atoms with Crippen molar-refractivity contribution in [2.24, 2.45) is 5.92 Å². The summed E-state index contributed by atoms with van der Waals surface area (Å²) in [5, 5.41) is 3.03. The summed E-state index contributed by atoms with van der Waals surface area (Å²) in [6, 6.07) is 28.6. The largest absolute Gasteiger partial charge is 0.354 e. The molecule has 0 saturated carbocycles. The molecule has 0 bridgehead atoms. The van der Waals surface area contributed by atoms with Gasteiger partial charge in [-0.05, 0) is 85.7 Å². The van der Waals surface area contributed by atoms with Crippen molar-refractivity contribution in [2.75, 3.05) is 17.4 Å². The Balaban J connectivity index is 1.83. The minimum Gasteiger partial charge on any atom is -0.354 e. The molecule has 46 heavy (non-hydrogen) atoms. The van der Waals surface area contributed by atoms with Gasteiger partial charge in [0.15, 0.2) is 0 Å². The second kappa shape index (κ2) is 15.2. The fraction of sp³-hybridized carbons (Fsp3) is 0.316. The van der Waals surface area contributed by atoms with Crippen LogP contribution in [0.3, 0.4) is 0 Å². The summed E-state index contributed by atoms with van der Waals surface area (Å²) in [6.07, 6.45) is 0.274. The summed E-state index contributed by atoms with van der Waals surface area (Å²) in [7, 11) is -4.16. The Morgan fingerprint density at radius 3 is 1.98 bits per heavy atom. The smallest absolute Gasteiger partial charge is 0.264 e. The first-order chi connectivity index (χ1) is 21.8. The molecule has 0 aliphatic heterocycles. The molecular formula is C38H45N3O4S. The quantitative estimate of drug-likeness (QED) is 0.180. The van der Waals surface area contributed by atoms with Crippen LogP contribution in [0.2, 0.25) is 0 Å². The van der Waals surface area contributed by atoms with Crippen LogP contribution in [0.1, 0.15) is 47.2 Å². The lowest BCUT2D eigenvalue weighted by molar-refractivity contribution is -0.140. The van der Waals surface area contributed by atoms with E-state index in [1.54, 1.807) is 41.3 Å². The number of aryl methyl sites for hydroxylation is 4. The van der Waals surface area contributed by atoms with Gasteiger partial charge in [0, 0.05) is 19.5 Å². The summed E-state index contributed by atoms with van der Waals surface area (Å²) >= 11 is 0. The van der Waals surface area contributed by atoms with E-state index in [-0.39, 0.29) is 29.7 Å². The Bertz CT molecular complexity index is 1730. The van der Waals surface area contributed by atoms with Crippen LogP contribution in [0.4, 0.5) is 5.69 Å². The third kappa shape index (κ3) is 8.85. The molecular weight excluding hydrogens is 595 g/mol. The molecule has 0 aromatic heterocycles. The van der Waals surface area contributed by atoms with Crippen LogP contribution < -0.4 is 9.62 Å². The number of hydrogen-bond donors (Lipinski definition) is 1. The van der Waals surface area contributed by atoms with E-state index in [2.05, 4.69) is 5.32 Å². The van der Waals surface area contributed by atoms with Gasteiger partial charge in [-0.1, -0.05) is 92.2 Å². The molecule has 0 fully saturated rings. The topological polar surface area (TPSA) is 86.8 Å². The maximum absolute atomic E-state index is 14.7. The van der Waals surface area contributed by atoms with E-state index >= 15 is 0 Å². The maximum Gasteiger partial charge on any atom is 0.264 e. The molecule has 8 heteroatoms. The Labute approximate surface area is 274 Å². The summed E-state index contributed by atoms with van der Waals surface area (Å²) in [5.74, 6) is -0.542. The minimum atomic E-state index is -4.16. The number of sulfonamides is 1. The highest BCUT2D eigenvalue weighted by Gasteiger charge is 2.35. The van der Waals surface area contributed by atoms with Crippen molar-refractivity contribution < 1.29 is 18.0 Å². The van der Waals surface area contributed by atoms with Gasteiger partial charge in [-0.15, -0.1) is 0 Å². The van der Waals surface area contributed by atoms with Gasteiger partial charge in [-0.2, -0.15) is 0 Å². The number of hydrogen-bond acceptors (Lipinski definition) is 4. The average Bonchev–Trinajstić information content (AvgIpc) is 3.01. The predicted molar refractivity (Wildman–Crippen MR) is 185 cm³/mol. The van der Waals surface area contributed by atoms with Gasteiger partial charge in [-0.3, -0.25) is 13.9 Å². The highest BCUT2D eigenvalue weighted by molar-refractivity contribution is 7.92. The predicted octanol–water partition coefficient (Wildman–Crippen LogP) is 6.53. The number of carbonyl (C=O) groups is 2. The number of nitrogens with zero attached hydrogens (tertiary/aromatic N) is 2. The fourth-order valence-electron chi connectivity index (χ4n) is 5.41. The summed E-state index contributed by atoms with van der Waals surface area (Å²) in [4.78, 5) is 30.2. The molecule has 0 spiro atoms. The lowest BCUT2D eigenvalue weighted by Crippen LogP contribution is -2.53. The van der Waals surface area contributed by atoms with Crippen molar-refractivity contribution in [3.63, 3.8) is 0 Å². The Hall–Kier alpha value is -4.43. The summed E-state index contributed by atoms with van der Waals surface area (Å²) in [6.45, 7) is 11.8. The molecule has 0 radical (unpaired) electrons. The first kappa shape index (κ1) is 34.4. The van der Waals surface area contributed by atoms with E-state index in [9.17, 15) is 18.0 Å². The molecule has 7 nitrogen and oxygen atoms in total. The second-order valence-electron chi connectivity index (χ2n) is 12.5. The monoisotopic (exact) mass is 639 g/mol. The van der Waals surface area contributed by atoms with Gasteiger partial charge >= 0.3 is 0 Å². The van der Waals surface area contributed by atoms with E-state index in [4.69, 9.17) is 0 Å². The van der Waals surface area contributed by atoms with Gasteiger partial charge in [-0.25, -0.2) is 8.42 Å². The molecule has 1 atom stereocenters. The molecule has 0 aliphatic rings. The van der Waals surface area contributed by atoms with Crippen molar-refractivity contribution >= 4 is 27.5 Å². The van der Waals surface area contributed by atoms with Crippen LogP contribution in [-0.2, 0) is 32.6 Å². The first-order valence-corrected chi connectivity index (χ1v) is 17.1. The van der Waals surface area contributed by atoms with Gasteiger partial charge in [0.05, 0.1) is 10.6 Å². The van der Waals surface area contributed by atoms with Crippen molar-refractivity contribution in [3.05, 3.63) is 130 Å². The number of carbonyl (C=O) groups excluding carboxylic acids is 2. The van der Waals surface area contributed by atoms with E-state index in [0.717, 1.165) is 33.4 Å². The molecule has 4 aromatic rings. The first-order valence-electron chi connectivity index (χ1n) is 15.7. The maximum atomic E-state index is 14.7. The van der Waals surface area contributed by atoms with Gasteiger partial charge < -0.3 is 10.2 Å². The molecule has 0 aliphatic carbocycles. The zero-order valence-corrected chi connectivity index (χ0v) is 28.5. The standard InChI is InChI=1S/C38H45N3O4S/c1-27(2)24-39-38(43)36(23-32-13-8-7-9-14-32)40(25-33-15-11-10-12-31(33)6)37(42)26-41(34-21-29(4)20-30(5)22-34)46(44,45)35-18-16-28(3)17-19-35/h7-22,27,36H,23-26H2,1-6H3,(H,39,43)/t36-/m1/s1. The number of benzene rings is 4. The molecule has 0 unspecified atom stereocenters. The highest BCUT2D eigenvalue weighted by Crippen LogP contribution is 2.27. The summed E-state index contributed by atoms with van der Waals surface area (Å²) < 4.78 is 29.7. The van der Waals surface area contributed by atoms with E-state index in [0.29, 0.717) is 12.2 Å². The number of amides is 2. The number of rotatable bonds is 13. The number of nitrogens with one attached hydrogen (secondary N) is 1. The van der Waals surface area contributed by atoms with Crippen molar-refractivity contribution in [1.82, 2.24) is 10.2 Å². The van der Waals surface area contributed by atoms with Gasteiger partial charge in [0.1, 0.15) is 12.6 Å². The van der Waals surface area contributed by atoms with Crippen LogP contribution >= 0.6 is 0 Å². The summed E-state index contributed by atoms with van der Waals surface area (Å²) in [5.41, 5.74) is 5.81. The van der Waals surface area contributed by atoms with Crippen LogP contribution in [0.5, 0.6) is 0 Å². The van der Waals surface area contributed by atoms with E-state index in [1.807, 2.05) is 102 Å². The lowest BCUT2D eigenvalue weighted by atomic mass is 10.0. The zero-order valence-electron chi connectivity index (χ0n) is 27.7. The highest BCUT2D eigenvalue weighted by atomic mass is 32.2. The SMILES string of the molecule is Cc1ccc(S(=O)(=O)N(CC(=O)N(Cc2ccccc2C)[C@H](Cc2ccccc2)C(=O)NCC(C)C)c2cc(C)cc(C)c2)cc1. The third-order valence-electron chi connectivity index (χ3n) is 7.94. The minimum absolute atomic E-state index is 0.0889. The molecule has 1 N–H and O–H groups in total. The van der Waals surface area contributed by atoms with Crippen molar-refractivity contribution in [1.29, 1.82) is 0 Å². The van der Waals surface area contributed by atoms with Crippen LogP contribution in [0.15, 0.2) is 102 Å². The van der Waals surface area contributed by atoms with Gasteiger partial charge in [0.2, 0.25) is 11.8 Å². The second-order valence-corrected chi connectivity index (χ2v) is 14.3. The Kier molecular flexibility index (Phi) is 11.4. The van der Waals surface area contributed by atoms with Crippen LogP contribution in [0, 0.1) is 33.6 Å². The molecule has 4 aromatic carbocycles. The lowest BCUT2D eigenvalue weighted by Gasteiger charge is -2.34. The molecule has 0 saturated heterocycles. The van der Waals surface area contributed by atoms with Crippen molar-refractivity contribution in [2.45, 2.75) is 65.4 Å². The molecule has 242 valence electrons. The van der Waals surface area contributed by atoms with E-state index < -0.39 is 28.5 Å². The molecule has 4 rings (SSSR count). The zero-order chi connectivity index (χ0) is 33.4. The van der Waals surface area contributed by atoms with Gasteiger partial charge in [0.25, 0.3) is 10.0 Å². The average molecular weight is 640 g/mol. The van der Waals surface area contributed by atoms with Crippen LogP contribution in [0.25, 0.3) is 0 Å². The van der Waals surface area contributed by atoms with Crippen LogP contribution in [-0.4, -0.2) is 44.3 Å². The third-order valence-corrected chi connectivity index (χ3v) is 9.73. The molecule has 0 heterocycles. The van der Waals surface area contributed by atoms with E-state index in [1.165, 1.54) is 4.31 Å². The molecule has 2 amide bonds. The normalized spacial score (nSPS) is 12.1. The van der Waals surface area contributed by atoms with Crippen molar-refractivity contribution in [3.8, 4) is 0 Å². The Morgan fingerprint density at radius 1 is 0.761 bits per heavy atom. The number of anilines is 1.